The van der Waals surface area contributed by atoms with Crippen LogP contribution < -0.4 is 0 Å². The molecule has 0 amide bonds. The molecule has 0 aliphatic rings. The first kappa shape index (κ1) is 13.7. The summed E-state index contributed by atoms with van der Waals surface area (Å²) in [5.74, 6) is 1.22. The van der Waals surface area contributed by atoms with Crippen molar-refractivity contribution in [2.75, 3.05) is 0 Å². The highest BCUT2D eigenvalue weighted by Crippen LogP contribution is 2.21. The van der Waals surface area contributed by atoms with Crippen molar-refractivity contribution in [1.29, 1.82) is 0 Å². The van der Waals surface area contributed by atoms with E-state index in [4.69, 9.17) is 11.6 Å². The Morgan fingerprint density at radius 1 is 1.00 bits per heavy atom. The van der Waals surface area contributed by atoms with E-state index in [1.54, 1.807) is 12.3 Å². The number of imidazole rings is 1. The smallest absolute Gasteiger partial charge is 0.120 e. The highest BCUT2D eigenvalue weighted by atomic mass is 35.5. The lowest BCUT2D eigenvalue weighted by Crippen LogP contribution is -2.05. The Morgan fingerprint density at radius 2 is 1.71 bits per heavy atom. The summed E-state index contributed by atoms with van der Waals surface area (Å²) >= 11 is 6.20. The van der Waals surface area contributed by atoms with E-state index in [-0.39, 0.29) is 0 Å². The molecule has 106 valence electrons. The van der Waals surface area contributed by atoms with Gasteiger partial charge in [0.05, 0.1) is 6.54 Å². The van der Waals surface area contributed by atoms with Crippen molar-refractivity contribution in [3.8, 4) is 5.75 Å². The lowest BCUT2D eigenvalue weighted by molar-refractivity contribution is 0.465. The summed E-state index contributed by atoms with van der Waals surface area (Å²) in [4.78, 5) is 4.40. The van der Waals surface area contributed by atoms with Gasteiger partial charge in [0, 0.05) is 29.4 Å². The number of benzene rings is 2. The fourth-order valence-electron chi connectivity index (χ4n) is 2.29. The molecule has 3 nitrogen and oxygen atoms in total. The Bertz CT molecular complexity index is 690. The number of hydrogen-bond acceptors (Lipinski definition) is 2. The zero-order chi connectivity index (χ0) is 14.7. The molecule has 0 unspecified atom stereocenters. The summed E-state index contributed by atoms with van der Waals surface area (Å²) in [5.41, 5.74) is 1.92. The molecule has 0 atom stereocenters. The minimum absolute atomic E-state index is 0.301. The van der Waals surface area contributed by atoms with E-state index in [0.717, 1.165) is 22.0 Å². The lowest BCUT2D eigenvalue weighted by atomic mass is 10.1. The molecule has 2 aromatic carbocycles. The molecule has 0 aliphatic heterocycles. The van der Waals surface area contributed by atoms with Crippen molar-refractivity contribution in [3.05, 3.63) is 82.9 Å². The molecule has 0 saturated heterocycles. The van der Waals surface area contributed by atoms with Crippen molar-refractivity contribution in [1.82, 2.24) is 9.55 Å². The van der Waals surface area contributed by atoms with Gasteiger partial charge in [0.1, 0.15) is 11.6 Å². The molecule has 1 heterocycles. The number of phenols is 1. The van der Waals surface area contributed by atoms with Gasteiger partial charge in [-0.25, -0.2) is 4.98 Å². The quantitative estimate of drug-likeness (QED) is 0.794. The van der Waals surface area contributed by atoms with Gasteiger partial charge in [-0.3, -0.25) is 0 Å². The van der Waals surface area contributed by atoms with E-state index in [0.29, 0.717) is 18.7 Å². The van der Waals surface area contributed by atoms with E-state index >= 15 is 0 Å². The Morgan fingerprint density at radius 3 is 2.48 bits per heavy atom. The van der Waals surface area contributed by atoms with Crippen LogP contribution in [0.4, 0.5) is 0 Å². The molecule has 0 fully saturated rings. The summed E-state index contributed by atoms with van der Waals surface area (Å²) in [5, 5.41) is 10.6. The number of hydrogen-bond donors (Lipinski definition) is 1. The number of aromatic hydroxyl groups is 1. The van der Waals surface area contributed by atoms with E-state index in [1.165, 1.54) is 0 Å². The predicted octanol–water partition coefficient (Wildman–Crippen LogP) is 3.88. The maximum atomic E-state index is 9.88. The average molecular weight is 299 g/mol. The van der Waals surface area contributed by atoms with Gasteiger partial charge in [-0.2, -0.15) is 0 Å². The molecule has 0 saturated carbocycles. The van der Waals surface area contributed by atoms with Crippen molar-refractivity contribution < 1.29 is 5.11 Å². The van der Waals surface area contributed by atoms with Crippen molar-refractivity contribution in [2.45, 2.75) is 13.0 Å². The molecule has 1 aromatic heterocycles. The van der Waals surface area contributed by atoms with Gasteiger partial charge in [-0.05, 0) is 17.7 Å². The first-order valence-electron chi connectivity index (χ1n) is 6.74. The Labute approximate surface area is 128 Å². The molecule has 0 radical (unpaired) electrons. The van der Waals surface area contributed by atoms with Gasteiger partial charge in [-0.15, -0.1) is 0 Å². The van der Waals surface area contributed by atoms with Gasteiger partial charge in [-0.1, -0.05) is 48.0 Å². The summed E-state index contributed by atoms with van der Waals surface area (Å²) in [7, 11) is 0. The molecular formula is C17H15ClN2O. The molecule has 1 N–H and O–H groups in total. The van der Waals surface area contributed by atoms with Gasteiger partial charge in [0.25, 0.3) is 0 Å². The van der Waals surface area contributed by atoms with Crippen LogP contribution in [-0.4, -0.2) is 14.7 Å². The fraction of sp³-hybridized carbons (Fsp3) is 0.118. The van der Waals surface area contributed by atoms with Crippen LogP contribution in [-0.2, 0) is 13.0 Å². The van der Waals surface area contributed by atoms with Crippen molar-refractivity contribution in [2.24, 2.45) is 0 Å². The van der Waals surface area contributed by atoms with Crippen LogP contribution in [0.1, 0.15) is 17.0 Å². The van der Waals surface area contributed by atoms with Crippen LogP contribution in [0.3, 0.4) is 0 Å². The number of phenolic OH excluding ortho intramolecular Hbond substituents is 1. The van der Waals surface area contributed by atoms with E-state index in [1.807, 2.05) is 53.2 Å². The number of nitrogens with zero attached hydrogens (tertiary/aromatic N) is 2. The largest absolute Gasteiger partial charge is 0.508 e. The second kappa shape index (κ2) is 6.02. The summed E-state index contributed by atoms with van der Waals surface area (Å²) in [6, 6.07) is 15.1. The van der Waals surface area contributed by atoms with Crippen LogP contribution in [0, 0.1) is 0 Å². The Kier molecular flexibility index (Phi) is 3.93. The van der Waals surface area contributed by atoms with Crippen LogP contribution in [0.25, 0.3) is 0 Å². The highest BCUT2D eigenvalue weighted by Gasteiger charge is 2.08. The summed E-state index contributed by atoms with van der Waals surface area (Å²) in [6.07, 6.45) is 4.35. The SMILES string of the molecule is Oc1ccccc1Cn1ccnc1Cc1ccccc1Cl. The minimum atomic E-state index is 0.301. The minimum Gasteiger partial charge on any atom is -0.508 e. The number of para-hydroxylation sites is 1. The van der Waals surface area contributed by atoms with Gasteiger partial charge in [0.2, 0.25) is 0 Å². The Hall–Kier alpha value is -2.26. The Balaban J connectivity index is 1.85. The van der Waals surface area contributed by atoms with Gasteiger partial charge < -0.3 is 9.67 Å². The lowest BCUT2D eigenvalue weighted by Gasteiger charge is -2.10. The molecule has 0 bridgehead atoms. The number of halogens is 1. The third-order valence-corrected chi connectivity index (χ3v) is 3.81. The molecule has 3 rings (SSSR count). The van der Waals surface area contributed by atoms with Crippen molar-refractivity contribution >= 4 is 11.6 Å². The normalized spacial score (nSPS) is 10.7. The second-order valence-corrected chi connectivity index (χ2v) is 5.28. The summed E-state index contributed by atoms with van der Waals surface area (Å²) < 4.78 is 2.03. The third kappa shape index (κ3) is 3.09. The van der Waals surface area contributed by atoms with Gasteiger partial charge in [0.15, 0.2) is 0 Å². The van der Waals surface area contributed by atoms with Gasteiger partial charge >= 0.3 is 0 Å². The molecule has 3 aromatic rings. The van der Waals surface area contributed by atoms with E-state index in [2.05, 4.69) is 4.98 Å². The molecular weight excluding hydrogens is 284 g/mol. The first-order chi connectivity index (χ1) is 10.2. The highest BCUT2D eigenvalue weighted by molar-refractivity contribution is 6.31. The monoisotopic (exact) mass is 298 g/mol. The molecule has 0 aliphatic carbocycles. The molecule has 4 heteroatoms. The van der Waals surface area contributed by atoms with E-state index < -0.39 is 0 Å². The topological polar surface area (TPSA) is 38.0 Å². The van der Waals surface area contributed by atoms with Crippen LogP contribution in [0.5, 0.6) is 5.75 Å². The molecule has 21 heavy (non-hydrogen) atoms. The standard InChI is InChI=1S/C17H15ClN2O/c18-15-7-3-1-5-13(15)11-17-19-9-10-20(17)12-14-6-2-4-8-16(14)21/h1-10,21H,11-12H2. The van der Waals surface area contributed by atoms with Crippen LogP contribution in [0.2, 0.25) is 5.02 Å². The number of rotatable bonds is 4. The maximum absolute atomic E-state index is 9.88. The van der Waals surface area contributed by atoms with Crippen molar-refractivity contribution in [3.63, 3.8) is 0 Å². The molecule has 0 spiro atoms. The van der Waals surface area contributed by atoms with E-state index in [9.17, 15) is 5.11 Å². The number of aromatic nitrogens is 2. The second-order valence-electron chi connectivity index (χ2n) is 4.87. The zero-order valence-electron chi connectivity index (χ0n) is 11.4. The predicted molar refractivity (Wildman–Crippen MR) is 83.7 cm³/mol. The van der Waals surface area contributed by atoms with Crippen LogP contribution in [0.15, 0.2) is 60.9 Å². The summed E-state index contributed by atoms with van der Waals surface area (Å²) in [6.45, 7) is 0.590. The first-order valence-corrected chi connectivity index (χ1v) is 7.12. The third-order valence-electron chi connectivity index (χ3n) is 3.44. The maximum Gasteiger partial charge on any atom is 0.120 e. The average Bonchev–Trinajstić information content (AvgIpc) is 2.91. The zero-order valence-corrected chi connectivity index (χ0v) is 12.2. The van der Waals surface area contributed by atoms with Crippen LogP contribution >= 0.6 is 11.6 Å². The fourth-order valence-corrected chi connectivity index (χ4v) is 2.49.